The first-order chi connectivity index (χ1) is 13.5. The van der Waals surface area contributed by atoms with E-state index in [9.17, 15) is 20.0 Å². The monoisotopic (exact) mass is 376 g/mol. The molecule has 1 aliphatic rings. The van der Waals surface area contributed by atoms with Crippen molar-refractivity contribution in [3.8, 4) is 17.0 Å². The average Bonchev–Trinajstić information content (AvgIpc) is 3.22. The second kappa shape index (κ2) is 6.66. The van der Waals surface area contributed by atoms with Crippen molar-refractivity contribution in [2.45, 2.75) is 6.04 Å². The first-order valence-corrected chi connectivity index (χ1v) is 8.55. The molecule has 8 heteroatoms. The summed E-state index contributed by atoms with van der Waals surface area (Å²) in [6.45, 7) is 3.97. The smallest absolute Gasteiger partial charge is 0.273 e. The minimum Gasteiger partial charge on any atom is -0.507 e. The molecule has 2 aromatic carbocycles. The van der Waals surface area contributed by atoms with Gasteiger partial charge in [0.25, 0.3) is 11.6 Å². The molecule has 1 atom stereocenters. The Labute approximate surface area is 159 Å². The number of nitrogens with zero attached hydrogens (tertiary/aromatic N) is 3. The number of amides is 1. The Morgan fingerprint density at radius 3 is 2.79 bits per heavy atom. The van der Waals surface area contributed by atoms with Crippen LogP contribution in [0.25, 0.3) is 11.3 Å². The van der Waals surface area contributed by atoms with Gasteiger partial charge in [-0.2, -0.15) is 5.10 Å². The van der Waals surface area contributed by atoms with Gasteiger partial charge in [0.15, 0.2) is 0 Å². The van der Waals surface area contributed by atoms with E-state index in [2.05, 4.69) is 16.8 Å². The van der Waals surface area contributed by atoms with Crippen molar-refractivity contribution in [2.75, 3.05) is 6.54 Å². The van der Waals surface area contributed by atoms with Crippen LogP contribution in [0.2, 0.25) is 0 Å². The number of aromatic amines is 1. The number of para-hydroxylation sites is 1. The number of hydrogen-bond acceptors (Lipinski definition) is 5. The zero-order chi connectivity index (χ0) is 19.8. The summed E-state index contributed by atoms with van der Waals surface area (Å²) < 4.78 is 0. The highest BCUT2D eigenvalue weighted by Crippen LogP contribution is 2.44. The van der Waals surface area contributed by atoms with E-state index in [-0.39, 0.29) is 23.9 Å². The number of carbonyl (C=O) groups excluding carboxylic acids is 1. The zero-order valence-corrected chi connectivity index (χ0v) is 14.7. The number of H-pyrrole nitrogens is 1. The maximum atomic E-state index is 12.9. The van der Waals surface area contributed by atoms with E-state index >= 15 is 0 Å². The van der Waals surface area contributed by atoms with Crippen LogP contribution in [0, 0.1) is 10.1 Å². The number of phenols is 1. The van der Waals surface area contributed by atoms with Crippen LogP contribution >= 0.6 is 0 Å². The summed E-state index contributed by atoms with van der Waals surface area (Å²) in [5, 5.41) is 28.5. The lowest BCUT2D eigenvalue weighted by atomic mass is 9.95. The fraction of sp³-hybridized carbons (Fsp3) is 0.100. The average molecular weight is 376 g/mol. The number of phenolic OH excluding ortho intramolecular Hbond substituents is 1. The van der Waals surface area contributed by atoms with Crippen molar-refractivity contribution in [1.82, 2.24) is 15.1 Å². The molecule has 1 amide bonds. The summed E-state index contributed by atoms with van der Waals surface area (Å²) in [5.41, 5.74) is 2.31. The third kappa shape index (κ3) is 2.62. The predicted octanol–water partition coefficient (Wildman–Crippen LogP) is 3.42. The molecule has 1 aromatic heterocycles. The van der Waals surface area contributed by atoms with E-state index < -0.39 is 11.0 Å². The molecule has 0 spiro atoms. The number of nitrogens with one attached hydrogen (secondary N) is 1. The Morgan fingerprint density at radius 2 is 2.07 bits per heavy atom. The van der Waals surface area contributed by atoms with Gasteiger partial charge >= 0.3 is 0 Å². The lowest BCUT2D eigenvalue weighted by Gasteiger charge is -2.25. The molecular weight excluding hydrogens is 360 g/mol. The predicted molar refractivity (Wildman–Crippen MR) is 102 cm³/mol. The first-order valence-electron chi connectivity index (χ1n) is 8.55. The second-order valence-electron chi connectivity index (χ2n) is 6.38. The molecule has 2 heterocycles. The molecule has 4 rings (SSSR count). The standard InChI is InChI=1S/C20H16N4O4/c1-2-10-23-19(12-6-5-7-13(11-12)24(27)28)16-17(21-22-18(16)20(23)26)14-8-3-4-9-15(14)25/h2-9,11,19,25H,1,10H2,(H,21,22). The molecule has 0 aliphatic carbocycles. The van der Waals surface area contributed by atoms with Gasteiger partial charge in [-0.1, -0.05) is 30.3 Å². The number of nitro groups is 1. The van der Waals surface area contributed by atoms with Crippen LogP contribution < -0.4 is 0 Å². The highest BCUT2D eigenvalue weighted by Gasteiger charge is 2.42. The second-order valence-corrected chi connectivity index (χ2v) is 6.38. The number of rotatable bonds is 5. The summed E-state index contributed by atoms with van der Waals surface area (Å²) in [6, 6.07) is 12.3. The molecule has 3 aromatic rings. The Hall–Kier alpha value is -3.94. The molecule has 2 N–H and O–H groups in total. The van der Waals surface area contributed by atoms with Gasteiger partial charge in [-0.3, -0.25) is 20.0 Å². The molecule has 1 aliphatic heterocycles. The molecule has 0 radical (unpaired) electrons. The van der Waals surface area contributed by atoms with Gasteiger partial charge in [-0.25, -0.2) is 0 Å². The van der Waals surface area contributed by atoms with E-state index in [0.29, 0.717) is 28.1 Å². The SMILES string of the molecule is C=CCN1C(=O)c2[nH]nc(-c3ccccc3O)c2C1c1cccc([N+](=O)[O-])c1. The molecule has 0 fully saturated rings. The van der Waals surface area contributed by atoms with Gasteiger partial charge in [0.1, 0.15) is 17.1 Å². The highest BCUT2D eigenvalue weighted by molar-refractivity contribution is 6.00. The van der Waals surface area contributed by atoms with E-state index in [1.807, 2.05) is 0 Å². The van der Waals surface area contributed by atoms with Crippen LogP contribution in [-0.4, -0.2) is 37.6 Å². The minimum absolute atomic E-state index is 0.0317. The fourth-order valence-corrected chi connectivity index (χ4v) is 3.56. The Balaban J connectivity index is 1.93. The molecular formula is C20H16N4O4. The van der Waals surface area contributed by atoms with E-state index in [1.165, 1.54) is 18.2 Å². The maximum Gasteiger partial charge on any atom is 0.273 e. The fourth-order valence-electron chi connectivity index (χ4n) is 3.56. The van der Waals surface area contributed by atoms with Crippen LogP contribution in [0.5, 0.6) is 5.75 Å². The molecule has 0 saturated carbocycles. The van der Waals surface area contributed by atoms with Crippen LogP contribution in [-0.2, 0) is 0 Å². The Kier molecular flexibility index (Phi) is 4.15. The lowest BCUT2D eigenvalue weighted by Crippen LogP contribution is -2.29. The van der Waals surface area contributed by atoms with E-state index in [0.717, 1.165) is 0 Å². The summed E-state index contributed by atoms with van der Waals surface area (Å²) in [6.07, 6.45) is 1.60. The zero-order valence-electron chi connectivity index (χ0n) is 14.7. The molecule has 8 nitrogen and oxygen atoms in total. The van der Waals surface area contributed by atoms with Crippen LogP contribution in [0.3, 0.4) is 0 Å². The quantitative estimate of drug-likeness (QED) is 0.402. The van der Waals surface area contributed by atoms with Crippen molar-refractivity contribution in [3.05, 3.63) is 88.1 Å². The lowest BCUT2D eigenvalue weighted by molar-refractivity contribution is -0.384. The van der Waals surface area contributed by atoms with Gasteiger partial charge in [-0.15, -0.1) is 6.58 Å². The van der Waals surface area contributed by atoms with Crippen molar-refractivity contribution in [2.24, 2.45) is 0 Å². The van der Waals surface area contributed by atoms with Crippen LogP contribution in [0.4, 0.5) is 5.69 Å². The number of hydrogen-bond donors (Lipinski definition) is 2. The Morgan fingerprint density at radius 1 is 1.29 bits per heavy atom. The number of fused-ring (bicyclic) bond motifs is 1. The van der Waals surface area contributed by atoms with Gasteiger partial charge in [-0.05, 0) is 17.7 Å². The molecule has 1 unspecified atom stereocenters. The number of aromatic hydroxyl groups is 1. The summed E-state index contributed by atoms with van der Waals surface area (Å²) in [5.74, 6) is -0.246. The third-order valence-corrected chi connectivity index (χ3v) is 4.75. The summed E-state index contributed by atoms with van der Waals surface area (Å²) in [4.78, 5) is 25.2. The molecule has 140 valence electrons. The summed E-state index contributed by atoms with van der Waals surface area (Å²) >= 11 is 0. The van der Waals surface area contributed by atoms with Crippen LogP contribution in [0.1, 0.15) is 27.7 Å². The number of nitro benzene ring substituents is 1. The van der Waals surface area contributed by atoms with Gasteiger partial charge in [0.2, 0.25) is 0 Å². The van der Waals surface area contributed by atoms with Crippen molar-refractivity contribution in [3.63, 3.8) is 0 Å². The Bertz CT molecular complexity index is 1110. The van der Waals surface area contributed by atoms with Crippen molar-refractivity contribution >= 4 is 11.6 Å². The maximum absolute atomic E-state index is 12.9. The van der Waals surface area contributed by atoms with E-state index in [4.69, 9.17) is 0 Å². The number of benzene rings is 2. The number of carbonyl (C=O) groups is 1. The first kappa shape index (κ1) is 17.5. The van der Waals surface area contributed by atoms with Crippen LogP contribution in [0.15, 0.2) is 61.2 Å². The topological polar surface area (TPSA) is 112 Å². The van der Waals surface area contributed by atoms with Gasteiger partial charge in [0, 0.05) is 29.8 Å². The minimum atomic E-state index is -0.589. The number of aromatic nitrogens is 2. The molecule has 28 heavy (non-hydrogen) atoms. The molecule has 0 saturated heterocycles. The summed E-state index contributed by atoms with van der Waals surface area (Å²) in [7, 11) is 0. The van der Waals surface area contributed by atoms with Gasteiger partial charge < -0.3 is 10.0 Å². The largest absolute Gasteiger partial charge is 0.507 e. The molecule has 0 bridgehead atoms. The van der Waals surface area contributed by atoms with E-state index in [1.54, 1.807) is 41.3 Å². The normalized spacial score (nSPS) is 15.5. The van der Waals surface area contributed by atoms with Crippen molar-refractivity contribution < 1.29 is 14.8 Å². The third-order valence-electron chi connectivity index (χ3n) is 4.75. The highest BCUT2D eigenvalue weighted by atomic mass is 16.6. The van der Waals surface area contributed by atoms with Gasteiger partial charge in [0.05, 0.1) is 11.0 Å². The van der Waals surface area contributed by atoms with Crippen molar-refractivity contribution in [1.29, 1.82) is 0 Å². The number of non-ortho nitro benzene ring substituents is 1.